The zero-order valence-corrected chi connectivity index (χ0v) is 9.26. The maximum absolute atomic E-state index is 11.9. The summed E-state index contributed by atoms with van der Waals surface area (Å²) in [6, 6.07) is 10.0. The van der Waals surface area contributed by atoms with Gasteiger partial charge >= 0.3 is 0 Å². The van der Waals surface area contributed by atoms with Gasteiger partial charge in [0.05, 0.1) is 0 Å². The Bertz CT molecular complexity index is 411. The molecule has 0 bridgehead atoms. The summed E-state index contributed by atoms with van der Waals surface area (Å²) >= 11 is 0. The first kappa shape index (κ1) is 10.9. The molecule has 3 heteroatoms. The van der Waals surface area contributed by atoms with Gasteiger partial charge in [0, 0.05) is 5.92 Å². The number of hydrogen-bond acceptors (Lipinski definition) is 3. The van der Waals surface area contributed by atoms with Crippen LogP contribution in [0.1, 0.15) is 31.2 Å². The van der Waals surface area contributed by atoms with Crippen LogP contribution in [0.5, 0.6) is 0 Å². The zero-order valence-electron chi connectivity index (χ0n) is 9.26. The molecule has 16 heavy (non-hydrogen) atoms. The number of carbonyl (C=O) groups excluding carboxylic acids is 1. The van der Waals surface area contributed by atoms with E-state index in [1.807, 2.05) is 37.3 Å². The molecule has 0 heterocycles. The Morgan fingerprint density at radius 1 is 1.44 bits per heavy atom. The Labute approximate surface area is 94.8 Å². The lowest BCUT2D eigenvalue weighted by molar-refractivity contribution is -0.114. The van der Waals surface area contributed by atoms with Gasteiger partial charge in [-0.15, -0.1) is 0 Å². The Hall–Kier alpha value is -1.64. The molecule has 2 rings (SSSR count). The molecule has 1 N–H and O–H groups in total. The van der Waals surface area contributed by atoms with Gasteiger partial charge in [-0.05, 0) is 24.3 Å². The summed E-state index contributed by atoms with van der Waals surface area (Å²) in [4.78, 5) is 11.9. The SMILES string of the molecule is CC/C(=N\O)C(=O)C1CC1c1ccccc1. The molecule has 0 saturated heterocycles. The van der Waals surface area contributed by atoms with Crippen LogP contribution in [0.15, 0.2) is 35.5 Å². The number of ketones is 1. The summed E-state index contributed by atoms with van der Waals surface area (Å²) < 4.78 is 0. The molecule has 1 aliphatic carbocycles. The fraction of sp³-hybridized carbons (Fsp3) is 0.385. The van der Waals surface area contributed by atoms with Crippen LogP contribution in [0.3, 0.4) is 0 Å². The summed E-state index contributed by atoms with van der Waals surface area (Å²) in [5.74, 6) is 0.337. The summed E-state index contributed by atoms with van der Waals surface area (Å²) in [7, 11) is 0. The Morgan fingerprint density at radius 3 is 2.69 bits per heavy atom. The van der Waals surface area contributed by atoms with Crippen molar-refractivity contribution >= 4 is 11.5 Å². The monoisotopic (exact) mass is 217 g/mol. The lowest BCUT2D eigenvalue weighted by Crippen LogP contribution is -2.15. The van der Waals surface area contributed by atoms with Crippen LogP contribution in [0.2, 0.25) is 0 Å². The van der Waals surface area contributed by atoms with E-state index in [1.54, 1.807) is 0 Å². The van der Waals surface area contributed by atoms with Gasteiger partial charge in [-0.1, -0.05) is 42.4 Å². The van der Waals surface area contributed by atoms with Crippen LogP contribution in [-0.4, -0.2) is 16.7 Å². The van der Waals surface area contributed by atoms with E-state index >= 15 is 0 Å². The predicted octanol–water partition coefficient (Wildman–Crippen LogP) is 2.60. The van der Waals surface area contributed by atoms with Crippen molar-refractivity contribution < 1.29 is 10.0 Å². The first-order valence-corrected chi connectivity index (χ1v) is 5.58. The second-order valence-corrected chi connectivity index (χ2v) is 4.12. The molecule has 0 spiro atoms. The Balaban J connectivity index is 2.05. The predicted molar refractivity (Wildman–Crippen MR) is 61.8 cm³/mol. The Morgan fingerprint density at radius 2 is 2.12 bits per heavy atom. The summed E-state index contributed by atoms with van der Waals surface area (Å²) in [5, 5.41) is 11.8. The van der Waals surface area contributed by atoms with Crippen LogP contribution in [0, 0.1) is 5.92 Å². The summed E-state index contributed by atoms with van der Waals surface area (Å²) in [5.41, 5.74) is 1.50. The fourth-order valence-electron chi connectivity index (χ4n) is 2.06. The quantitative estimate of drug-likeness (QED) is 0.478. The number of rotatable bonds is 4. The largest absolute Gasteiger partial charge is 0.411 e. The minimum atomic E-state index is -0.00106. The minimum absolute atomic E-state index is 0.00106. The van der Waals surface area contributed by atoms with E-state index in [4.69, 9.17) is 5.21 Å². The lowest BCUT2D eigenvalue weighted by atomic mass is 10.0. The van der Waals surface area contributed by atoms with E-state index < -0.39 is 0 Å². The van der Waals surface area contributed by atoms with Gasteiger partial charge in [-0.25, -0.2) is 0 Å². The third-order valence-corrected chi connectivity index (χ3v) is 3.09. The van der Waals surface area contributed by atoms with Crippen molar-refractivity contribution in [2.45, 2.75) is 25.7 Å². The maximum atomic E-state index is 11.9. The van der Waals surface area contributed by atoms with E-state index in [0.717, 1.165) is 6.42 Å². The summed E-state index contributed by atoms with van der Waals surface area (Å²) in [6.07, 6.45) is 1.37. The first-order valence-electron chi connectivity index (χ1n) is 5.58. The van der Waals surface area contributed by atoms with Gasteiger partial charge in [0.2, 0.25) is 0 Å². The highest BCUT2D eigenvalue weighted by molar-refractivity contribution is 6.41. The minimum Gasteiger partial charge on any atom is -0.411 e. The highest BCUT2D eigenvalue weighted by Crippen LogP contribution is 2.48. The molecule has 3 nitrogen and oxygen atoms in total. The third kappa shape index (κ3) is 1.98. The molecule has 1 aromatic carbocycles. The van der Waals surface area contributed by atoms with Crippen LogP contribution in [0.4, 0.5) is 0 Å². The van der Waals surface area contributed by atoms with Gasteiger partial charge < -0.3 is 5.21 Å². The van der Waals surface area contributed by atoms with Gasteiger partial charge in [0.1, 0.15) is 5.71 Å². The van der Waals surface area contributed by atoms with E-state index in [2.05, 4.69) is 5.16 Å². The van der Waals surface area contributed by atoms with Gasteiger partial charge in [-0.3, -0.25) is 4.79 Å². The molecule has 1 aromatic rings. The van der Waals surface area contributed by atoms with Crippen molar-refractivity contribution in [3.05, 3.63) is 35.9 Å². The van der Waals surface area contributed by atoms with Gasteiger partial charge in [0.15, 0.2) is 5.78 Å². The number of hydrogen-bond donors (Lipinski definition) is 1. The second kappa shape index (κ2) is 4.47. The number of nitrogens with zero attached hydrogens (tertiary/aromatic N) is 1. The topological polar surface area (TPSA) is 49.7 Å². The number of oxime groups is 1. The van der Waals surface area contributed by atoms with E-state index in [-0.39, 0.29) is 11.7 Å². The molecule has 0 aliphatic heterocycles. The number of carbonyl (C=O) groups is 1. The van der Waals surface area contributed by atoms with Crippen LogP contribution >= 0.6 is 0 Å². The van der Waals surface area contributed by atoms with Crippen LogP contribution in [-0.2, 0) is 4.79 Å². The highest BCUT2D eigenvalue weighted by Gasteiger charge is 2.44. The standard InChI is InChI=1S/C13H15NO2/c1-2-12(14-16)13(15)11-8-10(11)9-6-4-3-5-7-9/h3-7,10-11,16H,2,8H2,1H3/b14-12+. The molecule has 2 atom stereocenters. The number of benzene rings is 1. The van der Waals surface area contributed by atoms with Crippen molar-refractivity contribution in [2.75, 3.05) is 0 Å². The van der Waals surface area contributed by atoms with Crippen LogP contribution < -0.4 is 0 Å². The van der Waals surface area contributed by atoms with Crippen molar-refractivity contribution in [1.29, 1.82) is 0 Å². The average Bonchev–Trinajstić information content (AvgIpc) is 3.11. The molecule has 1 aliphatic rings. The fourth-order valence-corrected chi connectivity index (χ4v) is 2.06. The van der Waals surface area contributed by atoms with Crippen LogP contribution in [0.25, 0.3) is 0 Å². The van der Waals surface area contributed by atoms with Crippen molar-refractivity contribution in [3.63, 3.8) is 0 Å². The van der Waals surface area contributed by atoms with E-state index in [1.165, 1.54) is 5.56 Å². The zero-order chi connectivity index (χ0) is 11.5. The van der Waals surface area contributed by atoms with Crippen molar-refractivity contribution in [3.8, 4) is 0 Å². The Kier molecular flexibility index (Phi) is 3.04. The average molecular weight is 217 g/mol. The maximum Gasteiger partial charge on any atom is 0.184 e. The van der Waals surface area contributed by atoms with Crippen molar-refractivity contribution in [2.24, 2.45) is 11.1 Å². The number of Topliss-reactive ketones (excluding diaryl/α,β-unsaturated/α-hetero) is 1. The molecule has 2 unspecified atom stereocenters. The molecule has 0 radical (unpaired) electrons. The van der Waals surface area contributed by atoms with E-state index in [0.29, 0.717) is 18.1 Å². The van der Waals surface area contributed by atoms with Gasteiger partial charge in [-0.2, -0.15) is 0 Å². The third-order valence-electron chi connectivity index (χ3n) is 3.09. The smallest absolute Gasteiger partial charge is 0.184 e. The van der Waals surface area contributed by atoms with Crippen molar-refractivity contribution in [1.82, 2.24) is 0 Å². The molecule has 1 fully saturated rings. The molecule has 0 amide bonds. The normalized spacial score (nSPS) is 24.2. The second-order valence-electron chi connectivity index (χ2n) is 4.12. The molecule has 84 valence electrons. The molecular weight excluding hydrogens is 202 g/mol. The van der Waals surface area contributed by atoms with E-state index in [9.17, 15) is 4.79 Å². The first-order chi connectivity index (χ1) is 7.77. The molecule has 0 aromatic heterocycles. The molecular formula is C13H15NO2. The van der Waals surface area contributed by atoms with Gasteiger partial charge in [0.25, 0.3) is 0 Å². The molecule has 1 saturated carbocycles. The lowest BCUT2D eigenvalue weighted by Gasteiger charge is -2.00. The highest BCUT2D eigenvalue weighted by atomic mass is 16.4. The summed E-state index contributed by atoms with van der Waals surface area (Å²) in [6.45, 7) is 1.83.